The van der Waals surface area contributed by atoms with Crippen LogP contribution in [0.2, 0.25) is 0 Å². The van der Waals surface area contributed by atoms with Crippen molar-refractivity contribution < 1.29 is 4.79 Å². The van der Waals surface area contributed by atoms with Crippen molar-refractivity contribution in [3.63, 3.8) is 0 Å². The second-order valence-corrected chi connectivity index (χ2v) is 8.10. The Labute approximate surface area is 122 Å². The number of carbonyl (C=O) groups is 1. The Hall–Kier alpha value is -1.05. The lowest BCUT2D eigenvalue weighted by Gasteiger charge is -2.36. The molecule has 0 radical (unpaired) electrons. The van der Waals surface area contributed by atoms with E-state index in [4.69, 9.17) is 0 Å². The van der Waals surface area contributed by atoms with Crippen LogP contribution in [0.25, 0.3) is 0 Å². The monoisotopic (exact) mass is 273 g/mol. The molecule has 2 nitrogen and oxygen atoms in total. The molecule has 2 atom stereocenters. The zero-order valence-electron chi connectivity index (χ0n) is 13.3. The Kier molecular flexibility index (Phi) is 3.30. The van der Waals surface area contributed by atoms with Crippen LogP contribution in [0.3, 0.4) is 0 Å². The molecule has 2 aliphatic carbocycles. The second kappa shape index (κ2) is 4.75. The van der Waals surface area contributed by atoms with Crippen LogP contribution in [-0.2, 0) is 6.42 Å². The minimum Gasteiger partial charge on any atom is -0.348 e. The van der Waals surface area contributed by atoms with Crippen molar-refractivity contribution in [2.24, 2.45) is 17.3 Å². The van der Waals surface area contributed by atoms with Gasteiger partial charge in [-0.15, -0.1) is 0 Å². The van der Waals surface area contributed by atoms with E-state index in [9.17, 15) is 4.79 Å². The first-order valence-electron chi connectivity index (χ1n) is 8.08. The molecule has 0 aliphatic heterocycles. The van der Waals surface area contributed by atoms with Crippen molar-refractivity contribution in [1.82, 2.24) is 4.57 Å². The molecule has 2 heteroatoms. The van der Waals surface area contributed by atoms with Crippen molar-refractivity contribution in [2.45, 2.75) is 65.8 Å². The molecule has 0 amide bonds. The number of rotatable bonds is 1. The fraction of sp³-hybridized carbons (Fsp3) is 0.722. The molecular weight excluding hydrogens is 246 g/mol. The number of ketones is 1. The summed E-state index contributed by atoms with van der Waals surface area (Å²) in [5, 5.41) is 0. The van der Waals surface area contributed by atoms with Gasteiger partial charge in [-0.25, -0.2) is 0 Å². The Morgan fingerprint density at radius 3 is 2.40 bits per heavy atom. The van der Waals surface area contributed by atoms with Gasteiger partial charge in [-0.05, 0) is 49.0 Å². The third-order valence-corrected chi connectivity index (χ3v) is 5.16. The molecule has 110 valence electrons. The normalized spacial score (nSPS) is 33.0. The Bertz CT molecular complexity index is 516. The van der Waals surface area contributed by atoms with Crippen LogP contribution in [0.1, 0.15) is 75.5 Å². The summed E-state index contributed by atoms with van der Waals surface area (Å²) in [4.78, 5) is 12.3. The summed E-state index contributed by atoms with van der Waals surface area (Å²) in [5.41, 5.74) is 2.42. The van der Waals surface area contributed by atoms with E-state index < -0.39 is 0 Å². The molecule has 1 fully saturated rings. The second-order valence-electron chi connectivity index (χ2n) is 8.10. The van der Waals surface area contributed by atoms with Crippen LogP contribution in [-0.4, -0.2) is 10.4 Å². The van der Waals surface area contributed by atoms with Gasteiger partial charge in [0.05, 0.1) is 0 Å². The lowest BCUT2D eigenvalue weighted by atomic mass is 9.75. The highest BCUT2D eigenvalue weighted by Crippen LogP contribution is 2.41. The fourth-order valence-corrected chi connectivity index (χ4v) is 4.44. The van der Waals surface area contributed by atoms with Crippen molar-refractivity contribution in [1.29, 1.82) is 0 Å². The van der Waals surface area contributed by atoms with Gasteiger partial charge in [-0.2, -0.15) is 0 Å². The molecule has 1 aromatic heterocycles. The molecular formula is C18H27NO. The third kappa shape index (κ3) is 2.45. The number of hydrogen-bond donors (Lipinski definition) is 0. The predicted octanol–water partition coefficient (Wildman–Crippen LogP) is 4.64. The summed E-state index contributed by atoms with van der Waals surface area (Å²) in [6.45, 7) is 9.18. The number of hydrogen-bond acceptors (Lipinski definition) is 1. The highest BCUT2D eigenvalue weighted by atomic mass is 16.1. The summed E-state index contributed by atoms with van der Waals surface area (Å²) in [5.74, 6) is 1.94. The van der Waals surface area contributed by atoms with E-state index in [-0.39, 0.29) is 5.41 Å². The Balaban J connectivity index is 1.94. The topological polar surface area (TPSA) is 22.0 Å². The van der Waals surface area contributed by atoms with E-state index in [1.165, 1.54) is 25.0 Å². The van der Waals surface area contributed by atoms with Gasteiger partial charge in [0.25, 0.3) is 0 Å². The van der Waals surface area contributed by atoms with Crippen LogP contribution in [0, 0.1) is 17.3 Å². The minimum atomic E-state index is 0.117. The van der Waals surface area contributed by atoms with Crippen LogP contribution in [0.15, 0.2) is 12.3 Å². The minimum absolute atomic E-state index is 0.117. The van der Waals surface area contributed by atoms with E-state index in [0.29, 0.717) is 18.2 Å². The molecule has 2 aliphatic rings. The number of Topliss-reactive ketones (excluding diaryl/α,β-unsaturated/α-hetero) is 1. The lowest BCUT2D eigenvalue weighted by molar-refractivity contribution is 0.0908. The van der Waals surface area contributed by atoms with E-state index in [0.717, 1.165) is 23.8 Å². The zero-order chi connectivity index (χ0) is 14.5. The number of carbonyl (C=O) groups excluding carboxylic acids is 1. The zero-order valence-corrected chi connectivity index (χ0v) is 13.3. The Morgan fingerprint density at radius 1 is 1.10 bits per heavy atom. The van der Waals surface area contributed by atoms with Crippen LogP contribution < -0.4 is 0 Å². The van der Waals surface area contributed by atoms with Crippen LogP contribution in [0.5, 0.6) is 0 Å². The number of aromatic nitrogens is 1. The summed E-state index contributed by atoms with van der Waals surface area (Å²) >= 11 is 0. The quantitative estimate of drug-likeness (QED) is 0.730. The van der Waals surface area contributed by atoms with Crippen LogP contribution in [0.4, 0.5) is 0 Å². The van der Waals surface area contributed by atoms with E-state index in [1.54, 1.807) is 0 Å². The maximum Gasteiger partial charge on any atom is 0.165 e. The van der Waals surface area contributed by atoms with Crippen molar-refractivity contribution in [3.05, 3.63) is 23.5 Å². The highest BCUT2D eigenvalue weighted by molar-refractivity contribution is 5.98. The van der Waals surface area contributed by atoms with Crippen LogP contribution >= 0.6 is 0 Å². The largest absolute Gasteiger partial charge is 0.348 e. The maximum absolute atomic E-state index is 12.3. The standard InChI is InChI=1S/C18H27NO/c1-12-7-13(2)9-14(8-12)19-6-5-15-16(19)10-18(3,4)11-17(15)20/h5-6,12-14H,7-11H2,1-4H3. The van der Waals surface area contributed by atoms with Gasteiger partial charge in [0.2, 0.25) is 0 Å². The van der Waals surface area contributed by atoms with Gasteiger partial charge in [-0.3, -0.25) is 4.79 Å². The molecule has 20 heavy (non-hydrogen) atoms. The predicted molar refractivity (Wildman–Crippen MR) is 82.1 cm³/mol. The summed E-state index contributed by atoms with van der Waals surface area (Å²) < 4.78 is 2.44. The lowest BCUT2D eigenvalue weighted by Crippen LogP contribution is -2.30. The van der Waals surface area contributed by atoms with Crippen molar-refractivity contribution >= 4 is 5.78 Å². The molecule has 1 heterocycles. The fourth-order valence-electron chi connectivity index (χ4n) is 4.44. The first kappa shape index (κ1) is 13.9. The van der Waals surface area contributed by atoms with Crippen molar-refractivity contribution in [3.8, 4) is 0 Å². The molecule has 0 aromatic carbocycles. The van der Waals surface area contributed by atoms with Crippen molar-refractivity contribution in [2.75, 3.05) is 0 Å². The first-order chi connectivity index (χ1) is 9.35. The first-order valence-corrected chi connectivity index (χ1v) is 8.08. The highest BCUT2D eigenvalue weighted by Gasteiger charge is 2.35. The summed E-state index contributed by atoms with van der Waals surface area (Å²) in [6.07, 6.45) is 7.80. The van der Waals surface area contributed by atoms with Gasteiger partial charge in [0.1, 0.15) is 0 Å². The van der Waals surface area contributed by atoms with E-state index in [1.807, 2.05) is 0 Å². The molecule has 2 unspecified atom stereocenters. The molecule has 0 spiro atoms. The van der Waals surface area contributed by atoms with Gasteiger partial charge in [-0.1, -0.05) is 27.7 Å². The summed E-state index contributed by atoms with van der Waals surface area (Å²) in [6, 6.07) is 2.66. The van der Waals surface area contributed by atoms with E-state index in [2.05, 4.69) is 44.5 Å². The number of fused-ring (bicyclic) bond motifs is 1. The molecule has 0 N–H and O–H groups in total. The third-order valence-electron chi connectivity index (χ3n) is 5.16. The molecule has 1 aromatic rings. The average molecular weight is 273 g/mol. The molecule has 0 saturated heterocycles. The smallest absolute Gasteiger partial charge is 0.165 e. The van der Waals surface area contributed by atoms with Gasteiger partial charge in [0, 0.05) is 29.9 Å². The molecule has 0 bridgehead atoms. The average Bonchev–Trinajstić information content (AvgIpc) is 2.69. The summed E-state index contributed by atoms with van der Waals surface area (Å²) in [7, 11) is 0. The van der Waals surface area contributed by atoms with Gasteiger partial charge in [0.15, 0.2) is 5.78 Å². The SMILES string of the molecule is CC1CC(C)CC(n2ccc3c2CC(C)(C)CC3=O)C1. The maximum atomic E-state index is 12.3. The molecule has 3 rings (SSSR count). The van der Waals surface area contributed by atoms with Gasteiger partial charge < -0.3 is 4.57 Å². The Morgan fingerprint density at radius 2 is 1.75 bits per heavy atom. The molecule has 1 saturated carbocycles. The van der Waals surface area contributed by atoms with Gasteiger partial charge >= 0.3 is 0 Å². The van der Waals surface area contributed by atoms with E-state index >= 15 is 0 Å². The number of nitrogens with zero attached hydrogens (tertiary/aromatic N) is 1.